The normalized spacial score (nSPS) is 12.0. The summed E-state index contributed by atoms with van der Waals surface area (Å²) >= 11 is 0. The monoisotopic (exact) mass is 615 g/mol. The number of para-hydroxylation sites is 3. The molecule has 0 saturated heterocycles. The fourth-order valence-electron chi connectivity index (χ4n) is 7.18. The van der Waals surface area contributed by atoms with E-state index in [2.05, 4.69) is 101 Å². The lowest BCUT2D eigenvalue weighted by atomic mass is 9.95. The summed E-state index contributed by atoms with van der Waals surface area (Å²) in [4.78, 5) is 14.1. The van der Waals surface area contributed by atoms with Crippen LogP contribution in [0.25, 0.3) is 83.2 Å². The smallest absolute Gasteiger partial charge is 0.235 e. The Morgan fingerprint density at radius 3 is 2.29 bits per heavy atom. The van der Waals surface area contributed by atoms with Gasteiger partial charge in [0.25, 0.3) is 0 Å². The number of benzene rings is 6. The van der Waals surface area contributed by atoms with Crippen LogP contribution in [-0.2, 0) is 0 Å². The van der Waals surface area contributed by atoms with Crippen LogP contribution in [0.15, 0.2) is 127 Å². The zero-order chi connectivity index (χ0) is 32.4. The van der Waals surface area contributed by atoms with Crippen molar-refractivity contribution >= 4 is 71.7 Å². The van der Waals surface area contributed by atoms with Crippen molar-refractivity contribution in [2.45, 2.75) is 6.92 Å². The summed E-state index contributed by atoms with van der Waals surface area (Å²) in [6.07, 6.45) is 8.22. The minimum absolute atomic E-state index is 0.629. The van der Waals surface area contributed by atoms with E-state index in [0.29, 0.717) is 11.6 Å². The van der Waals surface area contributed by atoms with Gasteiger partial charge in [-0.25, -0.2) is 9.97 Å². The van der Waals surface area contributed by atoms with E-state index in [1.165, 1.54) is 0 Å². The van der Waals surface area contributed by atoms with Gasteiger partial charge in [-0.1, -0.05) is 103 Å². The van der Waals surface area contributed by atoms with E-state index in [-0.39, 0.29) is 0 Å². The first-order chi connectivity index (χ1) is 23.6. The Bertz CT molecular complexity index is 2810. The molecule has 9 aromatic rings. The summed E-state index contributed by atoms with van der Waals surface area (Å²) in [5, 5.41) is 6.69. The second kappa shape index (κ2) is 10.7. The molecule has 0 fully saturated rings. The summed E-state index contributed by atoms with van der Waals surface area (Å²) in [6.45, 7) is 2.09. The zero-order valence-corrected chi connectivity index (χ0v) is 26.2. The maximum absolute atomic E-state index is 6.39. The highest BCUT2D eigenvalue weighted by Crippen LogP contribution is 2.42. The van der Waals surface area contributed by atoms with Crippen LogP contribution < -0.4 is 5.73 Å². The van der Waals surface area contributed by atoms with Crippen molar-refractivity contribution in [1.82, 2.24) is 19.5 Å². The van der Waals surface area contributed by atoms with Gasteiger partial charge in [0.15, 0.2) is 0 Å². The molecule has 0 atom stereocenters. The van der Waals surface area contributed by atoms with Gasteiger partial charge in [-0.05, 0) is 48.7 Å². The second-order valence-electron chi connectivity index (χ2n) is 12.1. The minimum Gasteiger partial charge on any atom is -0.398 e. The third kappa shape index (κ3) is 4.13. The first kappa shape index (κ1) is 27.7. The molecule has 0 spiro atoms. The van der Waals surface area contributed by atoms with Crippen molar-refractivity contribution in [1.29, 1.82) is 0 Å². The SMILES string of the molecule is C#C/C(=C\c1c(C)[nH]c2ccc3ccc4c(c5ccccc5n4-c4nc(-c5ccccc5)c5ccccc5n4)c3c12)c1ccccc1N. The Morgan fingerprint density at radius 1 is 0.729 bits per heavy atom. The Morgan fingerprint density at radius 2 is 1.46 bits per heavy atom. The first-order valence-electron chi connectivity index (χ1n) is 15.9. The van der Waals surface area contributed by atoms with Crippen LogP contribution in [0.3, 0.4) is 0 Å². The molecule has 0 amide bonds. The van der Waals surface area contributed by atoms with E-state index in [4.69, 9.17) is 22.1 Å². The van der Waals surface area contributed by atoms with E-state index >= 15 is 0 Å². The molecular formula is C43H29N5. The van der Waals surface area contributed by atoms with Gasteiger partial charge in [-0.15, -0.1) is 6.42 Å². The summed E-state index contributed by atoms with van der Waals surface area (Å²) in [5.41, 5.74) is 16.7. The molecule has 48 heavy (non-hydrogen) atoms. The van der Waals surface area contributed by atoms with E-state index in [9.17, 15) is 0 Å². The van der Waals surface area contributed by atoms with Crippen molar-refractivity contribution in [3.8, 4) is 29.5 Å². The van der Waals surface area contributed by atoms with Gasteiger partial charge < -0.3 is 10.7 Å². The van der Waals surface area contributed by atoms with E-state index in [1.807, 2.05) is 54.6 Å². The Labute approximate surface area is 277 Å². The van der Waals surface area contributed by atoms with Crippen molar-refractivity contribution in [3.05, 3.63) is 144 Å². The number of hydrogen-bond acceptors (Lipinski definition) is 3. The average Bonchev–Trinajstić information content (AvgIpc) is 3.64. The molecule has 0 aliphatic heterocycles. The summed E-state index contributed by atoms with van der Waals surface area (Å²) in [6, 6.07) is 43.5. The zero-order valence-electron chi connectivity index (χ0n) is 26.2. The highest BCUT2D eigenvalue weighted by Gasteiger charge is 2.21. The molecule has 0 saturated carbocycles. The van der Waals surface area contributed by atoms with Crippen molar-refractivity contribution in [2.24, 2.45) is 0 Å². The molecule has 0 radical (unpaired) electrons. The lowest BCUT2D eigenvalue weighted by Gasteiger charge is -2.12. The number of aromatic amines is 1. The number of H-pyrrole nitrogens is 1. The van der Waals surface area contributed by atoms with Crippen molar-refractivity contribution in [3.63, 3.8) is 0 Å². The average molecular weight is 616 g/mol. The van der Waals surface area contributed by atoms with Crippen molar-refractivity contribution in [2.75, 3.05) is 5.73 Å². The molecule has 0 bridgehead atoms. The molecular weight excluding hydrogens is 587 g/mol. The van der Waals surface area contributed by atoms with Crippen LogP contribution in [0.2, 0.25) is 0 Å². The van der Waals surface area contributed by atoms with Gasteiger partial charge in [0.1, 0.15) is 0 Å². The van der Waals surface area contributed by atoms with Crippen LogP contribution in [0.5, 0.6) is 0 Å². The second-order valence-corrected chi connectivity index (χ2v) is 12.1. The van der Waals surface area contributed by atoms with Crippen LogP contribution >= 0.6 is 0 Å². The maximum Gasteiger partial charge on any atom is 0.235 e. The van der Waals surface area contributed by atoms with Crippen LogP contribution in [0.4, 0.5) is 5.69 Å². The van der Waals surface area contributed by atoms with Crippen molar-refractivity contribution < 1.29 is 0 Å². The molecule has 0 aliphatic carbocycles. The molecule has 0 unspecified atom stereocenters. The molecule has 9 rings (SSSR count). The summed E-state index contributed by atoms with van der Waals surface area (Å²) in [5.74, 6) is 3.54. The largest absolute Gasteiger partial charge is 0.398 e. The fourth-order valence-corrected chi connectivity index (χ4v) is 7.18. The number of aromatic nitrogens is 4. The molecule has 6 aromatic carbocycles. The number of rotatable bonds is 4. The van der Waals surface area contributed by atoms with Crippen LogP contribution in [0, 0.1) is 19.3 Å². The molecule has 5 heteroatoms. The summed E-state index contributed by atoms with van der Waals surface area (Å²) < 4.78 is 2.20. The molecule has 3 aromatic heterocycles. The Hall–Kier alpha value is -6.64. The standard InChI is InChI=1S/C43H29N5/c1-3-27(30-15-7-10-18-34(30)44)25-33-26(2)45-36-23-21-28-22-24-38-41(39(28)40(33)36)32-17-9-12-20-37(32)48(38)43-46-35-19-11-8-16-31(35)42(47-43)29-13-5-4-6-14-29/h1,4-25,45H,44H2,2H3/b27-25+. The summed E-state index contributed by atoms with van der Waals surface area (Å²) in [7, 11) is 0. The van der Waals surface area contributed by atoms with E-state index < -0.39 is 0 Å². The number of fused-ring (bicyclic) bond motifs is 8. The quantitative estimate of drug-likeness (QED) is 0.153. The fraction of sp³-hybridized carbons (Fsp3) is 0.0233. The molecule has 226 valence electrons. The lowest BCUT2D eigenvalue weighted by Crippen LogP contribution is -2.03. The predicted octanol–water partition coefficient (Wildman–Crippen LogP) is 10.1. The first-order valence-corrected chi connectivity index (χ1v) is 15.9. The number of terminal acetylenes is 1. The van der Waals surface area contributed by atoms with E-state index in [0.717, 1.165) is 88.0 Å². The molecule has 3 N–H and O–H groups in total. The number of aryl methyl sites for hydroxylation is 1. The number of hydrogen-bond donors (Lipinski definition) is 2. The number of nitrogens with one attached hydrogen (secondary N) is 1. The maximum atomic E-state index is 6.39. The molecule has 0 aliphatic rings. The van der Waals surface area contributed by atoms with Gasteiger partial charge >= 0.3 is 0 Å². The third-order valence-electron chi connectivity index (χ3n) is 9.35. The minimum atomic E-state index is 0.629. The Balaban J connectivity index is 1.40. The lowest BCUT2D eigenvalue weighted by molar-refractivity contribution is 1.01. The number of anilines is 1. The van der Waals surface area contributed by atoms with Crippen LogP contribution in [0.1, 0.15) is 16.8 Å². The third-order valence-corrected chi connectivity index (χ3v) is 9.35. The van der Waals surface area contributed by atoms with Gasteiger partial charge in [0, 0.05) is 66.1 Å². The Kier molecular flexibility index (Phi) is 6.18. The number of nitrogens with two attached hydrogens (primary N) is 1. The molecule has 3 heterocycles. The van der Waals surface area contributed by atoms with Gasteiger partial charge in [-0.3, -0.25) is 4.57 Å². The highest BCUT2D eigenvalue weighted by atomic mass is 15.2. The highest BCUT2D eigenvalue weighted by molar-refractivity contribution is 6.29. The van der Waals surface area contributed by atoms with E-state index in [1.54, 1.807) is 0 Å². The van der Waals surface area contributed by atoms with Gasteiger partial charge in [-0.2, -0.15) is 0 Å². The van der Waals surface area contributed by atoms with Crippen LogP contribution in [-0.4, -0.2) is 19.5 Å². The van der Waals surface area contributed by atoms with Gasteiger partial charge in [0.2, 0.25) is 5.95 Å². The number of nitrogen functional groups attached to an aromatic ring is 1. The molecule has 5 nitrogen and oxygen atoms in total. The topological polar surface area (TPSA) is 72.5 Å². The predicted molar refractivity (Wildman–Crippen MR) is 201 cm³/mol. The number of allylic oxidation sites excluding steroid dienone is 1. The number of nitrogens with zero attached hydrogens (tertiary/aromatic N) is 3. The van der Waals surface area contributed by atoms with Gasteiger partial charge in [0.05, 0.1) is 22.2 Å².